The fourth-order valence-electron chi connectivity index (χ4n) is 3.49. The Kier molecular flexibility index (Phi) is 6.11. The van der Waals surface area contributed by atoms with Gasteiger partial charge >= 0.3 is 0 Å². The van der Waals surface area contributed by atoms with Gasteiger partial charge in [-0.15, -0.1) is 0 Å². The number of anilines is 1. The van der Waals surface area contributed by atoms with Crippen LogP contribution in [0.4, 0.5) is 5.69 Å². The number of methoxy groups -OCH3 is 1. The van der Waals surface area contributed by atoms with Gasteiger partial charge in [-0.2, -0.15) is 0 Å². The van der Waals surface area contributed by atoms with E-state index in [1.165, 1.54) is 39.4 Å². The summed E-state index contributed by atoms with van der Waals surface area (Å²) in [7, 11) is 0.602. The van der Waals surface area contributed by atoms with Gasteiger partial charge in [-0.25, -0.2) is 17.7 Å². The van der Waals surface area contributed by atoms with E-state index in [0.29, 0.717) is 28.1 Å². The zero-order valence-electron chi connectivity index (χ0n) is 19.4. The lowest BCUT2D eigenvalue weighted by Gasteiger charge is -2.15. The summed E-state index contributed by atoms with van der Waals surface area (Å²) in [5, 5.41) is 7.23. The first kappa shape index (κ1) is 23.4. The van der Waals surface area contributed by atoms with Crippen molar-refractivity contribution in [2.75, 3.05) is 26.5 Å². The fraction of sp³-hybridized carbons (Fsp3) is 0.208. The summed E-state index contributed by atoms with van der Waals surface area (Å²) >= 11 is 0. The number of aryl methyl sites for hydroxylation is 2. The smallest absolute Gasteiger partial charge is 0.259 e. The summed E-state index contributed by atoms with van der Waals surface area (Å²) in [6.45, 7) is 3.71. The van der Waals surface area contributed by atoms with Gasteiger partial charge in [0.15, 0.2) is 0 Å². The number of nitrogens with zero attached hydrogens (tertiary/aromatic N) is 3. The summed E-state index contributed by atoms with van der Waals surface area (Å²) in [4.78, 5) is 18.0. The molecule has 2 aromatic heterocycles. The Morgan fingerprint density at radius 1 is 1.06 bits per heavy atom. The molecule has 0 unspecified atom stereocenters. The summed E-state index contributed by atoms with van der Waals surface area (Å²) in [5.74, 6) is -0.165. The van der Waals surface area contributed by atoms with Gasteiger partial charge in [0.25, 0.3) is 11.6 Å². The molecule has 176 valence electrons. The van der Waals surface area contributed by atoms with E-state index in [9.17, 15) is 13.2 Å². The minimum absolute atomic E-state index is 0.0231. The van der Waals surface area contributed by atoms with Crippen molar-refractivity contribution < 1.29 is 22.5 Å². The molecular weight excluding hydrogens is 456 g/mol. The molecule has 9 nitrogen and oxygen atoms in total. The number of ether oxygens (including phenoxy) is 1. The average Bonchev–Trinajstić information content (AvgIpc) is 3.19. The number of hydrogen-bond acceptors (Lipinski definition) is 7. The number of fused-ring (bicyclic) bond motifs is 1. The highest BCUT2D eigenvalue weighted by Gasteiger charge is 2.23. The molecule has 0 saturated carbocycles. The van der Waals surface area contributed by atoms with Crippen molar-refractivity contribution in [3.05, 3.63) is 65.4 Å². The van der Waals surface area contributed by atoms with E-state index >= 15 is 0 Å². The minimum Gasteiger partial charge on any atom is -0.495 e. The second kappa shape index (κ2) is 8.88. The first-order valence-electron chi connectivity index (χ1n) is 10.4. The van der Waals surface area contributed by atoms with E-state index in [1.54, 1.807) is 13.0 Å². The second-order valence-corrected chi connectivity index (χ2v) is 10.1. The number of carbonyl (C=O) groups excluding carboxylic acids is 1. The van der Waals surface area contributed by atoms with Crippen LogP contribution in [0.2, 0.25) is 0 Å². The SMILES string of the molecule is COc1ccc(S(=O)(=O)N(C)C)cc1NC(=O)c1cc(-c2ccc(C)cc2)nc2onc(C)c12. The van der Waals surface area contributed by atoms with Crippen LogP contribution in [0.5, 0.6) is 5.75 Å². The lowest BCUT2D eigenvalue weighted by Crippen LogP contribution is -2.22. The first-order valence-corrected chi connectivity index (χ1v) is 11.8. The van der Waals surface area contributed by atoms with E-state index in [4.69, 9.17) is 9.26 Å². The third-order valence-electron chi connectivity index (χ3n) is 5.41. The Bertz CT molecular complexity index is 1490. The zero-order valence-corrected chi connectivity index (χ0v) is 20.2. The molecule has 0 saturated heterocycles. The van der Waals surface area contributed by atoms with Crippen LogP contribution in [0.1, 0.15) is 21.6 Å². The van der Waals surface area contributed by atoms with Crippen LogP contribution in [-0.4, -0.2) is 50.0 Å². The monoisotopic (exact) mass is 480 g/mol. The molecule has 1 N–H and O–H groups in total. The lowest BCUT2D eigenvalue weighted by molar-refractivity contribution is 0.102. The van der Waals surface area contributed by atoms with Gasteiger partial charge in [-0.3, -0.25) is 4.79 Å². The molecule has 0 aliphatic rings. The molecule has 0 fully saturated rings. The Hall–Kier alpha value is -3.76. The highest BCUT2D eigenvalue weighted by Crippen LogP contribution is 2.31. The molecule has 2 aromatic carbocycles. The van der Waals surface area contributed by atoms with Crippen LogP contribution in [0.15, 0.2) is 57.9 Å². The number of pyridine rings is 1. The molecule has 2 heterocycles. The maximum Gasteiger partial charge on any atom is 0.259 e. The Labute approximate surface area is 197 Å². The molecule has 1 amide bonds. The molecule has 10 heteroatoms. The molecule has 0 bridgehead atoms. The highest BCUT2D eigenvalue weighted by molar-refractivity contribution is 7.89. The first-order chi connectivity index (χ1) is 16.1. The van der Waals surface area contributed by atoms with E-state index in [-0.39, 0.29) is 16.3 Å². The lowest BCUT2D eigenvalue weighted by atomic mass is 10.0. The van der Waals surface area contributed by atoms with Crippen molar-refractivity contribution in [3.63, 3.8) is 0 Å². The average molecular weight is 481 g/mol. The highest BCUT2D eigenvalue weighted by atomic mass is 32.2. The standard InChI is InChI=1S/C24H24N4O5S/c1-14-6-8-16(9-7-14)19-13-18(22-15(2)27-33-24(22)26-19)23(29)25-20-12-17(10-11-21(20)32-5)34(30,31)28(3)4/h6-13H,1-5H3,(H,25,29). The number of carbonyl (C=O) groups is 1. The van der Waals surface area contributed by atoms with Crippen molar-refractivity contribution in [1.29, 1.82) is 0 Å². The van der Waals surface area contributed by atoms with Gasteiger partial charge in [-0.05, 0) is 38.1 Å². The largest absolute Gasteiger partial charge is 0.495 e. The number of aromatic nitrogens is 2. The van der Waals surface area contributed by atoms with E-state index < -0.39 is 15.9 Å². The number of amides is 1. The quantitative estimate of drug-likeness (QED) is 0.443. The number of nitrogens with one attached hydrogen (secondary N) is 1. The van der Waals surface area contributed by atoms with E-state index in [1.807, 2.05) is 31.2 Å². The second-order valence-electron chi connectivity index (χ2n) is 7.97. The van der Waals surface area contributed by atoms with Crippen molar-refractivity contribution in [2.24, 2.45) is 0 Å². The molecule has 0 atom stereocenters. The van der Waals surface area contributed by atoms with E-state index in [0.717, 1.165) is 15.4 Å². The molecule has 0 aliphatic carbocycles. The molecule has 0 spiro atoms. The van der Waals surface area contributed by atoms with Crippen LogP contribution >= 0.6 is 0 Å². The van der Waals surface area contributed by atoms with Gasteiger partial charge in [0, 0.05) is 19.7 Å². The number of hydrogen-bond donors (Lipinski definition) is 1. The predicted octanol–water partition coefficient (Wildman–Crippen LogP) is 4.02. The van der Waals surface area contributed by atoms with Crippen LogP contribution in [-0.2, 0) is 10.0 Å². The minimum atomic E-state index is -3.71. The number of rotatable bonds is 6. The fourth-order valence-corrected chi connectivity index (χ4v) is 4.42. The zero-order chi connectivity index (χ0) is 24.6. The maximum atomic E-state index is 13.5. The van der Waals surface area contributed by atoms with Gasteiger partial charge in [0.05, 0.1) is 40.0 Å². The summed E-state index contributed by atoms with van der Waals surface area (Å²) in [6, 6.07) is 13.7. The van der Waals surface area contributed by atoms with Gasteiger partial charge < -0.3 is 14.6 Å². The summed E-state index contributed by atoms with van der Waals surface area (Å²) in [6.07, 6.45) is 0. The molecule has 0 aliphatic heterocycles. The molecule has 4 aromatic rings. The third-order valence-corrected chi connectivity index (χ3v) is 7.22. The molecular formula is C24H24N4O5S. The Morgan fingerprint density at radius 3 is 2.41 bits per heavy atom. The number of benzene rings is 2. The van der Waals surface area contributed by atoms with Gasteiger partial charge in [0.2, 0.25) is 10.0 Å². The maximum absolute atomic E-state index is 13.5. The van der Waals surface area contributed by atoms with E-state index in [2.05, 4.69) is 15.5 Å². The van der Waals surface area contributed by atoms with Crippen molar-refractivity contribution >= 4 is 32.7 Å². The van der Waals surface area contributed by atoms with Crippen molar-refractivity contribution in [1.82, 2.24) is 14.4 Å². The van der Waals surface area contributed by atoms with Crippen LogP contribution < -0.4 is 10.1 Å². The van der Waals surface area contributed by atoms with Crippen molar-refractivity contribution in [3.8, 4) is 17.0 Å². The third kappa shape index (κ3) is 4.25. The molecule has 4 rings (SSSR count). The van der Waals surface area contributed by atoms with Gasteiger partial charge in [-0.1, -0.05) is 35.0 Å². The summed E-state index contributed by atoms with van der Waals surface area (Å²) < 4.78 is 37.0. The summed E-state index contributed by atoms with van der Waals surface area (Å²) in [5.41, 5.74) is 3.71. The topological polar surface area (TPSA) is 115 Å². The Morgan fingerprint density at radius 2 is 1.76 bits per heavy atom. The van der Waals surface area contributed by atoms with Crippen LogP contribution in [0.25, 0.3) is 22.4 Å². The normalized spacial score (nSPS) is 11.7. The molecule has 0 radical (unpaired) electrons. The number of sulfonamides is 1. The Balaban J connectivity index is 1.81. The van der Waals surface area contributed by atoms with Crippen LogP contribution in [0, 0.1) is 13.8 Å². The van der Waals surface area contributed by atoms with Crippen molar-refractivity contribution in [2.45, 2.75) is 18.7 Å². The predicted molar refractivity (Wildman–Crippen MR) is 129 cm³/mol. The van der Waals surface area contributed by atoms with Crippen LogP contribution in [0.3, 0.4) is 0 Å². The molecule has 34 heavy (non-hydrogen) atoms. The van der Waals surface area contributed by atoms with Gasteiger partial charge in [0.1, 0.15) is 5.75 Å².